The van der Waals surface area contributed by atoms with E-state index in [0.29, 0.717) is 5.82 Å². The summed E-state index contributed by atoms with van der Waals surface area (Å²) in [5, 5.41) is 1.18. The highest BCUT2D eigenvalue weighted by Crippen LogP contribution is 2.52. The molecule has 1 aliphatic rings. The molecule has 1 aromatic carbocycles. The average molecular weight is 312 g/mol. The van der Waals surface area contributed by atoms with Crippen LogP contribution in [0.15, 0.2) is 24.3 Å². The maximum atomic E-state index is 6.20. The number of imidazole rings is 1. The third kappa shape index (κ3) is 2.36. The van der Waals surface area contributed by atoms with Crippen LogP contribution in [0.1, 0.15) is 25.6 Å². The topological polar surface area (TPSA) is 56.7 Å². The summed E-state index contributed by atoms with van der Waals surface area (Å²) in [5.41, 5.74) is 9.26. The molecule has 3 heterocycles. The Labute approximate surface area is 131 Å². The second kappa shape index (κ2) is 5.51. The van der Waals surface area contributed by atoms with E-state index >= 15 is 0 Å². The molecule has 2 N–H and O–H groups in total. The molecule has 4 rings (SSSR count). The third-order valence-corrected chi connectivity index (χ3v) is 6.09. The first kappa shape index (κ1) is 14.0. The molecule has 114 valence electrons. The van der Waals surface area contributed by atoms with Gasteiger partial charge in [0.1, 0.15) is 11.3 Å². The number of aryl methyl sites for hydroxylation is 1. The van der Waals surface area contributed by atoms with E-state index in [-0.39, 0.29) is 7.92 Å². The number of anilines is 1. The number of aromatic nitrogens is 3. The number of nitrogens with zero attached hydrogens (tertiary/aromatic N) is 3. The summed E-state index contributed by atoms with van der Waals surface area (Å²) in [7, 11) is 0.191. The molecule has 0 aliphatic carbocycles. The van der Waals surface area contributed by atoms with E-state index in [0.717, 1.165) is 23.7 Å². The van der Waals surface area contributed by atoms with Crippen molar-refractivity contribution in [1.82, 2.24) is 14.5 Å². The first-order chi connectivity index (χ1) is 10.8. The summed E-state index contributed by atoms with van der Waals surface area (Å²) in [5.74, 6) is 1.75. The van der Waals surface area contributed by atoms with E-state index in [1.54, 1.807) is 0 Å². The first-order valence-corrected chi connectivity index (χ1v) is 9.93. The predicted molar refractivity (Wildman–Crippen MR) is 94.7 cm³/mol. The fourth-order valence-electron chi connectivity index (χ4n) is 3.00. The van der Waals surface area contributed by atoms with Gasteiger partial charge in [-0.1, -0.05) is 39.5 Å². The zero-order chi connectivity index (χ0) is 15.1. The molecule has 1 saturated heterocycles. The molecular formula is C17H21N4P. The van der Waals surface area contributed by atoms with Crippen LogP contribution in [0.4, 0.5) is 5.82 Å². The van der Waals surface area contributed by atoms with Crippen molar-refractivity contribution in [3.8, 4) is 0 Å². The fraction of sp³-hybridized carbons (Fsp3) is 0.412. The van der Waals surface area contributed by atoms with Crippen LogP contribution in [0.3, 0.4) is 0 Å². The predicted octanol–water partition coefficient (Wildman–Crippen LogP) is 3.96. The molecule has 0 amide bonds. The molecule has 0 bridgehead atoms. The highest BCUT2D eigenvalue weighted by Gasteiger charge is 2.25. The van der Waals surface area contributed by atoms with Crippen molar-refractivity contribution in [1.29, 1.82) is 0 Å². The minimum Gasteiger partial charge on any atom is -0.382 e. The number of benzene rings is 1. The summed E-state index contributed by atoms with van der Waals surface area (Å²) in [6, 6.07) is 8.28. The van der Waals surface area contributed by atoms with Gasteiger partial charge in [0.05, 0.1) is 11.0 Å². The van der Waals surface area contributed by atoms with Crippen molar-refractivity contribution in [2.75, 3.05) is 18.1 Å². The molecule has 0 spiro atoms. The van der Waals surface area contributed by atoms with Crippen LogP contribution in [-0.2, 0) is 12.7 Å². The highest BCUT2D eigenvalue weighted by molar-refractivity contribution is 7.64. The molecule has 0 saturated carbocycles. The number of rotatable bonds is 5. The Hall–Kier alpha value is -1.67. The van der Waals surface area contributed by atoms with Crippen LogP contribution in [0.25, 0.3) is 21.9 Å². The van der Waals surface area contributed by atoms with Gasteiger partial charge in [-0.3, -0.25) is 0 Å². The smallest absolute Gasteiger partial charge is 0.152 e. The lowest BCUT2D eigenvalue weighted by Crippen LogP contribution is -2.02. The largest absolute Gasteiger partial charge is 0.382 e. The van der Waals surface area contributed by atoms with Gasteiger partial charge < -0.3 is 10.3 Å². The maximum Gasteiger partial charge on any atom is 0.152 e. The second-order valence-electron chi connectivity index (χ2n) is 6.03. The van der Waals surface area contributed by atoms with Crippen LogP contribution in [0, 0.1) is 0 Å². The van der Waals surface area contributed by atoms with Crippen LogP contribution in [0.2, 0.25) is 0 Å². The molecule has 4 nitrogen and oxygen atoms in total. The zero-order valence-electron chi connectivity index (χ0n) is 12.9. The lowest BCUT2D eigenvalue weighted by atomic mass is 10.2. The Morgan fingerprint density at radius 3 is 2.82 bits per heavy atom. The van der Waals surface area contributed by atoms with Crippen molar-refractivity contribution in [3.63, 3.8) is 0 Å². The molecular weight excluding hydrogens is 291 g/mol. The molecule has 3 aromatic rings. The molecule has 1 fully saturated rings. The van der Waals surface area contributed by atoms with Crippen molar-refractivity contribution < 1.29 is 0 Å². The summed E-state index contributed by atoms with van der Waals surface area (Å²) < 4.78 is 2.45. The number of para-hydroxylation sites is 1. The zero-order valence-corrected chi connectivity index (χ0v) is 13.8. The van der Waals surface area contributed by atoms with Crippen molar-refractivity contribution in [2.45, 2.75) is 32.5 Å². The van der Waals surface area contributed by atoms with Crippen LogP contribution in [0.5, 0.6) is 0 Å². The minimum atomic E-state index is 0.191. The van der Waals surface area contributed by atoms with Crippen molar-refractivity contribution in [3.05, 3.63) is 30.1 Å². The first-order valence-electron chi connectivity index (χ1n) is 8.03. The van der Waals surface area contributed by atoms with Crippen molar-refractivity contribution >= 4 is 35.7 Å². The van der Waals surface area contributed by atoms with E-state index in [4.69, 9.17) is 10.7 Å². The third-order valence-electron chi connectivity index (χ3n) is 4.32. The average Bonchev–Trinajstić information content (AvgIpc) is 3.26. The number of pyridine rings is 1. The Morgan fingerprint density at radius 2 is 2.05 bits per heavy atom. The Bertz CT molecular complexity index is 835. The number of nitrogen functional groups attached to an aromatic ring is 1. The summed E-state index contributed by atoms with van der Waals surface area (Å²) in [4.78, 5) is 9.41. The molecule has 5 heteroatoms. The summed E-state index contributed by atoms with van der Waals surface area (Å²) >= 11 is 0. The lowest BCUT2D eigenvalue weighted by molar-refractivity contribution is 0.714. The molecule has 2 aromatic heterocycles. The highest BCUT2D eigenvalue weighted by atomic mass is 31.1. The summed E-state index contributed by atoms with van der Waals surface area (Å²) in [6.45, 7) is 2.23. The molecule has 0 atom stereocenters. The minimum absolute atomic E-state index is 0.191. The Kier molecular flexibility index (Phi) is 3.50. The van der Waals surface area contributed by atoms with Gasteiger partial charge in [0, 0.05) is 18.1 Å². The monoisotopic (exact) mass is 312 g/mol. The Balaban J connectivity index is 1.98. The van der Waals surface area contributed by atoms with E-state index in [9.17, 15) is 0 Å². The van der Waals surface area contributed by atoms with Gasteiger partial charge in [-0.2, -0.15) is 0 Å². The van der Waals surface area contributed by atoms with E-state index < -0.39 is 0 Å². The van der Waals surface area contributed by atoms with E-state index in [1.807, 2.05) is 12.1 Å². The normalized spacial score (nSPS) is 15.0. The van der Waals surface area contributed by atoms with Gasteiger partial charge in [0.25, 0.3) is 0 Å². The summed E-state index contributed by atoms with van der Waals surface area (Å²) in [6.07, 6.45) is 7.33. The van der Waals surface area contributed by atoms with Gasteiger partial charge in [0.2, 0.25) is 0 Å². The van der Waals surface area contributed by atoms with Gasteiger partial charge in [-0.15, -0.1) is 0 Å². The standard InChI is InChI=1S/C17H21N4P/c1-2-3-8-14-20-15-16(21(14)11-22-9-10-22)12-6-4-5-7-13(12)19-17(15)18/h4-7H,2-3,8-11H2,1H3,(H2,18,19). The second-order valence-corrected chi connectivity index (χ2v) is 8.55. The number of hydrogen-bond acceptors (Lipinski definition) is 3. The number of unbranched alkanes of at least 4 members (excludes halogenated alkanes) is 1. The van der Waals surface area contributed by atoms with Crippen LogP contribution < -0.4 is 5.73 Å². The number of nitrogens with two attached hydrogens (primary N) is 1. The van der Waals surface area contributed by atoms with Crippen LogP contribution >= 0.6 is 7.92 Å². The Morgan fingerprint density at radius 1 is 1.23 bits per heavy atom. The molecule has 1 aliphatic heterocycles. The van der Waals surface area contributed by atoms with Gasteiger partial charge in [-0.25, -0.2) is 9.97 Å². The molecule has 0 radical (unpaired) electrons. The number of fused-ring (bicyclic) bond motifs is 3. The van der Waals surface area contributed by atoms with Gasteiger partial charge >= 0.3 is 0 Å². The fourth-order valence-corrected chi connectivity index (χ4v) is 4.55. The quantitative estimate of drug-likeness (QED) is 0.725. The number of hydrogen-bond donors (Lipinski definition) is 1. The molecule has 22 heavy (non-hydrogen) atoms. The van der Waals surface area contributed by atoms with E-state index in [2.05, 4.69) is 28.6 Å². The SMILES string of the molecule is CCCCc1nc2c(N)nc3ccccc3c2n1CP1CC1. The molecule has 0 unspecified atom stereocenters. The van der Waals surface area contributed by atoms with Crippen LogP contribution in [-0.4, -0.2) is 26.9 Å². The van der Waals surface area contributed by atoms with Gasteiger partial charge in [-0.05, 0) is 24.8 Å². The van der Waals surface area contributed by atoms with Crippen molar-refractivity contribution in [2.24, 2.45) is 0 Å². The van der Waals surface area contributed by atoms with E-state index in [1.165, 1.54) is 41.9 Å². The lowest BCUT2D eigenvalue weighted by Gasteiger charge is -2.10. The maximum absolute atomic E-state index is 6.20. The van der Waals surface area contributed by atoms with Gasteiger partial charge in [0.15, 0.2) is 5.82 Å².